The summed E-state index contributed by atoms with van der Waals surface area (Å²) in [6.45, 7) is 8.31. The monoisotopic (exact) mass is 287 g/mol. The standard InChI is InChI=1S/C14H17N5S/c1-8-5-6-9(7-10(8)15)11-18-19-12(14(2,3)4)16-17-13(19)20-11/h5-7H,15H2,1-4H3. The molecule has 6 heteroatoms. The Morgan fingerprint density at radius 2 is 1.95 bits per heavy atom. The van der Waals surface area contributed by atoms with Gasteiger partial charge in [-0.1, -0.05) is 44.2 Å². The third-order valence-corrected chi connectivity index (χ3v) is 4.14. The molecule has 0 saturated carbocycles. The first-order valence-electron chi connectivity index (χ1n) is 6.45. The van der Waals surface area contributed by atoms with Gasteiger partial charge in [0.1, 0.15) is 5.01 Å². The lowest BCUT2D eigenvalue weighted by atomic mass is 9.96. The van der Waals surface area contributed by atoms with Crippen LogP contribution >= 0.6 is 11.3 Å². The molecule has 3 rings (SSSR count). The Bertz CT molecular complexity index is 779. The fourth-order valence-corrected chi connectivity index (χ4v) is 2.81. The van der Waals surface area contributed by atoms with Crippen LogP contribution < -0.4 is 5.73 Å². The number of nitrogens with two attached hydrogens (primary N) is 1. The molecule has 0 saturated heterocycles. The second kappa shape index (κ2) is 4.28. The predicted octanol–water partition coefficient (Wildman–Crippen LogP) is 3.04. The van der Waals surface area contributed by atoms with E-state index < -0.39 is 0 Å². The fourth-order valence-electron chi connectivity index (χ4n) is 1.97. The number of fused-ring (bicyclic) bond motifs is 1. The van der Waals surface area contributed by atoms with Crippen molar-refractivity contribution >= 4 is 22.0 Å². The molecule has 0 aliphatic rings. The van der Waals surface area contributed by atoms with Crippen LogP contribution in [0.5, 0.6) is 0 Å². The summed E-state index contributed by atoms with van der Waals surface area (Å²) >= 11 is 1.52. The van der Waals surface area contributed by atoms with Gasteiger partial charge in [0, 0.05) is 16.7 Å². The third-order valence-electron chi connectivity index (χ3n) is 3.19. The van der Waals surface area contributed by atoms with Gasteiger partial charge in [0.05, 0.1) is 0 Å². The summed E-state index contributed by atoms with van der Waals surface area (Å²) in [5, 5.41) is 14.0. The molecule has 0 aliphatic heterocycles. The van der Waals surface area contributed by atoms with Gasteiger partial charge in [-0.05, 0) is 18.6 Å². The quantitative estimate of drug-likeness (QED) is 0.698. The highest BCUT2D eigenvalue weighted by Gasteiger charge is 2.23. The Morgan fingerprint density at radius 3 is 2.60 bits per heavy atom. The zero-order valence-corrected chi connectivity index (χ0v) is 12.8. The molecule has 0 unspecified atom stereocenters. The van der Waals surface area contributed by atoms with Crippen molar-refractivity contribution in [2.24, 2.45) is 0 Å². The Morgan fingerprint density at radius 1 is 1.20 bits per heavy atom. The zero-order valence-electron chi connectivity index (χ0n) is 12.0. The number of hydrogen-bond donors (Lipinski definition) is 1. The van der Waals surface area contributed by atoms with Crippen LogP contribution in [0.3, 0.4) is 0 Å². The minimum Gasteiger partial charge on any atom is -0.398 e. The summed E-state index contributed by atoms with van der Waals surface area (Å²) in [7, 11) is 0. The Balaban J connectivity index is 2.14. The summed E-state index contributed by atoms with van der Waals surface area (Å²) in [4.78, 5) is 0.809. The van der Waals surface area contributed by atoms with E-state index in [0.717, 1.165) is 32.6 Å². The molecule has 2 N–H and O–H groups in total. The number of hydrogen-bond acceptors (Lipinski definition) is 5. The van der Waals surface area contributed by atoms with E-state index in [0.29, 0.717) is 0 Å². The Hall–Kier alpha value is -1.95. The Kier molecular flexibility index (Phi) is 2.79. The van der Waals surface area contributed by atoms with E-state index in [1.165, 1.54) is 11.3 Å². The van der Waals surface area contributed by atoms with Crippen molar-refractivity contribution in [3.63, 3.8) is 0 Å². The van der Waals surface area contributed by atoms with Crippen LogP contribution in [0, 0.1) is 6.92 Å². The molecular weight excluding hydrogens is 270 g/mol. The number of nitrogens with zero attached hydrogens (tertiary/aromatic N) is 4. The zero-order chi connectivity index (χ0) is 14.5. The molecule has 5 nitrogen and oxygen atoms in total. The maximum Gasteiger partial charge on any atom is 0.235 e. The highest BCUT2D eigenvalue weighted by Crippen LogP contribution is 2.30. The molecule has 0 spiro atoms. The molecule has 0 fully saturated rings. The lowest BCUT2D eigenvalue weighted by molar-refractivity contribution is 0.528. The van der Waals surface area contributed by atoms with Crippen LogP contribution in [0.25, 0.3) is 15.5 Å². The number of nitrogen functional groups attached to an aromatic ring is 1. The van der Waals surface area contributed by atoms with Crippen LogP contribution in [0.2, 0.25) is 0 Å². The molecule has 0 radical (unpaired) electrons. The van der Waals surface area contributed by atoms with Gasteiger partial charge in [-0.3, -0.25) is 0 Å². The van der Waals surface area contributed by atoms with E-state index in [1.54, 1.807) is 0 Å². The van der Waals surface area contributed by atoms with Crippen LogP contribution in [0.1, 0.15) is 32.2 Å². The lowest BCUT2D eigenvalue weighted by Crippen LogP contribution is -2.16. The minimum atomic E-state index is -0.0862. The van der Waals surface area contributed by atoms with Crippen LogP contribution in [-0.4, -0.2) is 19.8 Å². The first kappa shape index (κ1) is 13.1. The van der Waals surface area contributed by atoms with Crippen LogP contribution in [0.15, 0.2) is 18.2 Å². The van der Waals surface area contributed by atoms with E-state index in [1.807, 2.05) is 29.6 Å². The van der Waals surface area contributed by atoms with Gasteiger partial charge in [0.2, 0.25) is 4.96 Å². The molecule has 0 amide bonds. The highest BCUT2D eigenvalue weighted by atomic mass is 32.1. The molecule has 2 heterocycles. The summed E-state index contributed by atoms with van der Waals surface area (Å²) in [5.74, 6) is 0.870. The fraction of sp³-hybridized carbons (Fsp3) is 0.357. The maximum atomic E-state index is 5.97. The average Bonchev–Trinajstić information content (AvgIpc) is 2.90. The van der Waals surface area contributed by atoms with E-state index in [9.17, 15) is 0 Å². The largest absolute Gasteiger partial charge is 0.398 e. The van der Waals surface area contributed by atoms with Crippen LogP contribution in [0.4, 0.5) is 5.69 Å². The van der Waals surface area contributed by atoms with Crippen molar-refractivity contribution in [3.05, 3.63) is 29.6 Å². The maximum absolute atomic E-state index is 5.97. The van der Waals surface area contributed by atoms with Crippen LogP contribution in [-0.2, 0) is 5.41 Å². The van der Waals surface area contributed by atoms with Crippen molar-refractivity contribution in [2.45, 2.75) is 33.1 Å². The molecule has 0 bridgehead atoms. The summed E-state index contributed by atoms with van der Waals surface area (Å²) < 4.78 is 1.83. The molecule has 104 valence electrons. The van der Waals surface area contributed by atoms with E-state index in [4.69, 9.17) is 5.73 Å². The Labute approximate surface area is 121 Å². The van der Waals surface area contributed by atoms with Gasteiger partial charge >= 0.3 is 0 Å². The minimum absolute atomic E-state index is 0.0862. The first-order valence-corrected chi connectivity index (χ1v) is 7.27. The molecule has 1 aromatic carbocycles. The second-order valence-corrected chi connectivity index (χ2v) is 6.90. The predicted molar refractivity (Wildman–Crippen MR) is 81.9 cm³/mol. The summed E-state index contributed by atoms with van der Waals surface area (Å²) in [6, 6.07) is 6.00. The van der Waals surface area contributed by atoms with E-state index in [-0.39, 0.29) is 5.41 Å². The third kappa shape index (κ3) is 2.06. The van der Waals surface area contributed by atoms with Gasteiger partial charge in [-0.2, -0.15) is 9.61 Å². The van der Waals surface area contributed by atoms with Gasteiger partial charge in [-0.25, -0.2) is 0 Å². The van der Waals surface area contributed by atoms with Crippen molar-refractivity contribution in [1.29, 1.82) is 0 Å². The van der Waals surface area contributed by atoms with E-state index >= 15 is 0 Å². The average molecular weight is 287 g/mol. The smallest absolute Gasteiger partial charge is 0.235 e. The molecule has 2 aromatic heterocycles. The normalized spacial score (nSPS) is 12.2. The lowest BCUT2D eigenvalue weighted by Gasteiger charge is -2.13. The van der Waals surface area contributed by atoms with Crippen molar-refractivity contribution in [2.75, 3.05) is 5.73 Å². The summed E-state index contributed by atoms with van der Waals surface area (Å²) in [6.07, 6.45) is 0. The molecule has 0 atom stereocenters. The van der Waals surface area contributed by atoms with Gasteiger partial charge < -0.3 is 5.73 Å². The molecule has 3 aromatic rings. The number of benzene rings is 1. The van der Waals surface area contributed by atoms with Gasteiger partial charge in [0.15, 0.2) is 5.82 Å². The topological polar surface area (TPSA) is 69.1 Å². The first-order chi connectivity index (χ1) is 9.36. The second-order valence-electron chi connectivity index (χ2n) is 5.95. The summed E-state index contributed by atoms with van der Waals surface area (Å²) in [5.41, 5.74) is 8.76. The molecular formula is C14H17N5S. The highest BCUT2D eigenvalue weighted by molar-refractivity contribution is 7.19. The SMILES string of the molecule is Cc1ccc(-c2nn3c(C(C)(C)C)nnc3s2)cc1N. The van der Waals surface area contributed by atoms with Gasteiger partial charge in [-0.15, -0.1) is 10.2 Å². The number of rotatable bonds is 1. The van der Waals surface area contributed by atoms with Crippen molar-refractivity contribution in [3.8, 4) is 10.6 Å². The van der Waals surface area contributed by atoms with E-state index in [2.05, 4.69) is 36.1 Å². The van der Waals surface area contributed by atoms with Crippen molar-refractivity contribution < 1.29 is 0 Å². The van der Waals surface area contributed by atoms with Crippen molar-refractivity contribution in [1.82, 2.24) is 19.8 Å². The molecule has 0 aliphatic carbocycles. The number of aryl methyl sites for hydroxylation is 1. The molecule has 20 heavy (non-hydrogen) atoms. The number of anilines is 1. The van der Waals surface area contributed by atoms with Gasteiger partial charge in [0.25, 0.3) is 0 Å². The number of aromatic nitrogens is 4.